The molecule has 0 saturated carbocycles. The van der Waals surface area contributed by atoms with Crippen molar-refractivity contribution < 1.29 is 0 Å². The van der Waals surface area contributed by atoms with Crippen molar-refractivity contribution in [3.05, 3.63) is 11.4 Å². The summed E-state index contributed by atoms with van der Waals surface area (Å²) in [5.41, 5.74) is 0. The number of rotatable bonds is 4. The van der Waals surface area contributed by atoms with Crippen LogP contribution in [0.4, 0.5) is 0 Å². The first-order valence-corrected chi connectivity index (χ1v) is 5.29. The van der Waals surface area contributed by atoms with Crippen molar-refractivity contribution in [2.24, 2.45) is 0 Å². The van der Waals surface area contributed by atoms with Gasteiger partial charge in [0.2, 0.25) is 0 Å². The van der Waals surface area contributed by atoms with Gasteiger partial charge in [-0.15, -0.1) is 11.8 Å². The fourth-order valence-electron chi connectivity index (χ4n) is 0.597. The van der Waals surface area contributed by atoms with Gasteiger partial charge in [0, 0.05) is 5.38 Å². The topological polar surface area (TPSA) is 12.9 Å². The number of aromatic nitrogens is 1. The van der Waals surface area contributed by atoms with Gasteiger partial charge in [0.25, 0.3) is 0 Å². The maximum atomic E-state index is 4.19. The summed E-state index contributed by atoms with van der Waals surface area (Å²) in [7, 11) is 0. The molecule has 3 heteroatoms. The van der Waals surface area contributed by atoms with E-state index in [0.717, 1.165) is 0 Å². The molecule has 0 unspecified atom stereocenters. The molecule has 0 aliphatic carbocycles. The third-order valence-electron chi connectivity index (χ3n) is 1.16. The molecular formula is C7H11NS2. The van der Waals surface area contributed by atoms with Gasteiger partial charge in [-0.3, -0.25) is 0 Å². The Hall–Kier alpha value is -0.0200. The van der Waals surface area contributed by atoms with Gasteiger partial charge in [-0.2, -0.15) is 4.37 Å². The smallest absolute Gasteiger partial charge is 0.110 e. The Morgan fingerprint density at radius 3 is 3.20 bits per heavy atom. The molecule has 1 heterocycles. The molecule has 0 N–H and O–H groups in total. The predicted octanol–water partition coefficient (Wildman–Crippen LogP) is 3.04. The van der Waals surface area contributed by atoms with E-state index in [1.165, 1.54) is 35.2 Å². The lowest BCUT2D eigenvalue weighted by Gasteiger charge is -1.92. The van der Waals surface area contributed by atoms with Crippen LogP contribution in [0.5, 0.6) is 0 Å². The molecule has 1 nitrogen and oxygen atoms in total. The number of thioether (sulfide) groups is 1. The molecule has 0 radical (unpaired) electrons. The Morgan fingerprint density at radius 2 is 2.60 bits per heavy atom. The number of unbranched alkanes of at least 4 members (excludes halogenated alkanes) is 1. The standard InChI is InChI=1S/C7H11NS2/c1-2-3-5-9-7-4-6-10-8-7/h4,6H,2-3,5H2,1H3. The Labute approximate surface area is 70.0 Å². The fourth-order valence-corrected chi connectivity index (χ4v) is 2.24. The maximum absolute atomic E-state index is 4.19. The molecule has 1 aromatic rings. The van der Waals surface area contributed by atoms with E-state index in [-0.39, 0.29) is 0 Å². The zero-order valence-electron chi connectivity index (χ0n) is 6.04. The molecule has 0 aliphatic rings. The molecule has 10 heavy (non-hydrogen) atoms. The molecule has 0 aliphatic heterocycles. The lowest BCUT2D eigenvalue weighted by atomic mass is 10.4. The molecule has 0 aromatic carbocycles. The lowest BCUT2D eigenvalue weighted by molar-refractivity contribution is 0.895. The van der Waals surface area contributed by atoms with Crippen LogP contribution in [0.25, 0.3) is 0 Å². The van der Waals surface area contributed by atoms with Crippen molar-refractivity contribution in [1.82, 2.24) is 4.37 Å². The number of hydrogen-bond acceptors (Lipinski definition) is 3. The number of hydrogen-bond donors (Lipinski definition) is 0. The summed E-state index contributed by atoms with van der Waals surface area (Å²) in [4.78, 5) is 0. The van der Waals surface area contributed by atoms with Crippen molar-refractivity contribution in [2.75, 3.05) is 5.75 Å². The minimum atomic E-state index is 1.18. The van der Waals surface area contributed by atoms with Crippen LogP contribution in [0.15, 0.2) is 16.5 Å². The van der Waals surface area contributed by atoms with Crippen LogP contribution in [0, 0.1) is 0 Å². The summed E-state index contributed by atoms with van der Waals surface area (Å²) in [5.74, 6) is 1.21. The first-order valence-electron chi connectivity index (χ1n) is 3.46. The monoisotopic (exact) mass is 173 g/mol. The van der Waals surface area contributed by atoms with Gasteiger partial charge in [-0.05, 0) is 29.8 Å². The highest BCUT2D eigenvalue weighted by Crippen LogP contribution is 2.17. The zero-order valence-corrected chi connectivity index (χ0v) is 7.67. The van der Waals surface area contributed by atoms with Crippen LogP contribution in [-0.4, -0.2) is 10.1 Å². The van der Waals surface area contributed by atoms with Crippen molar-refractivity contribution >= 4 is 23.3 Å². The summed E-state index contributed by atoms with van der Waals surface area (Å²) in [5, 5.41) is 3.20. The van der Waals surface area contributed by atoms with Crippen molar-refractivity contribution in [3.8, 4) is 0 Å². The second-order valence-electron chi connectivity index (χ2n) is 2.04. The molecule has 1 rings (SSSR count). The fraction of sp³-hybridized carbons (Fsp3) is 0.571. The summed E-state index contributed by atoms with van der Waals surface area (Å²) >= 11 is 3.38. The van der Waals surface area contributed by atoms with Crippen molar-refractivity contribution in [2.45, 2.75) is 24.8 Å². The molecule has 0 spiro atoms. The third-order valence-corrected chi connectivity index (χ3v) is 2.85. The zero-order chi connectivity index (χ0) is 7.23. The van der Waals surface area contributed by atoms with E-state index >= 15 is 0 Å². The second-order valence-corrected chi connectivity index (χ2v) is 3.82. The molecule has 0 bridgehead atoms. The van der Waals surface area contributed by atoms with E-state index in [4.69, 9.17) is 0 Å². The summed E-state index contributed by atoms with van der Waals surface area (Å²) in [6.45, 7) is 2.21. The highest BCUT2D eigenvalue weighted by Gasteiger charge is 1.92. The van der Waals surface area contributed by atoms with Crippen molar-refractivity contribution in [3.63, 3.8) is 0 Å². The van der Waals surface area contributed by atoms with E-state index in [1.807, 2.05) is 17.1 Å². The van der Waals surface area contributed by atoms with Gasteiger partial charge in [0.15, 0.2) is 0 Å². The van der Waals surface area contributed by atoms with Gasteiger partial charge >= 0.3 is 0 Å². The molecule has 56 valence electrons. The highest BCUT2D eigenvalue weighted by molar-refractivity contribution is 7.99. The average molecular weight is 173 g/mol. The van der Waals surface area contributed by atoms with Gasteiger partial charge in [-0.1, -0.05) is 13.3 Å². The Morgan fingerprint density at radius 1 is 1.70 bits per heavy atom. The highest BCUT2D eigenvalue weighted by atomic mass is 32.2. The van der Waals surface area contributed by atoms with Gasteiger partial charge in [0.1, 0.15) is 5.03 Å². The van der Waals surface area contributed by atoms with Crippen LogP contribution >= 0.6 is 23.3 Å². The lowest BCUT2D eigenvalue weighted by Crippen LogP contribution is -1.76. The molecule has 0 amide bonds. The van der Waals surface area contributed by atoms with Crippen LogP contribution in [0.1, 0.15) is 19.8 Å². The molecular weight excluding hydrogens is 162 g/mol. The normalized spacial score (nSPS) is 10.1. The van der Waals surface area contributed by atoms with Crippen molar-refractivity contribution in [1.29, 1.82) is 0 Å². The molecule has 0 saturated heterocycles. The van der Waals surface area contributed by atoms with Gasteiger partial charge in [-0.25, -0.2) is 0 Å². The first kappa shape index (κ1) is 8.08. The third kappa shape index (κ3) is 2.71. The summed E-state index contributed by atoms with van der Waals surface area (Å²) < 4.78 is 4.19. The van der Waals surface area contributed by atoms with Gasteiger partial charge < -0.3 is 0 Å². The van der Waals surface area contributed by atoms with Gasteiger partial charge in [0.05, 0.1) is 0 Å². The van der Waals surface area contributed by atoms with E-state index in [9.17, 15) is 0 Å². The van der Waals surface area contributed by atoms with E-state index in [2.05, 4.69) is 17.4 Å². The Bertz CT molecular complexity index is 160. The van der Waals surface area contributed by atoms with Crippen LogP contribution < -0.4 is 0 Å². The first-order chi connectivity index (χ1) is 4.93. The van der Waals surface area contributed by atoms with E-state index in [1.54, 1.807) is 0 Å². The van der Waals surface area contributed by atoms with E-state index < -0.39 is 0 Å². The molecule has 0 atom stereocenters. The van der Waals surface area contributed by atoms with Crippen LogP contribution in [0.2, 0.25) is 0 Å². The average Bonchev–Trinajstić information content (AvgIpc) is 2.41. The Kier molecular flexibility index (Phi) is 3.83. The largest absolute Gasteiger partial charge is 0.186 e. The van der Waals surface area contributed by atoms with E-state index in [0.29, 0.717) is 0 Å². The molecule has 0 fully saturated rings. The summed E-state index contributed by atoms with van der Waals surface area (Å²) in [6, 6.07) is 2.07. The minimum Gasteiger partial charge on any atom is -0.186 e. The maximum Gasteiger partial charge on any atom is 0.110 e. The molecule has 1 aromatic heterocycles. The van der Waals surface area contributed by atoms with Crippen LogP contribution in [-0.2, 0) is 0 Å². The second kappa shape index (κ2) is 4.74. The van der Waals surface area contributed by atoms with Crippen LogP contribution in [0.3, 0.4) is 0 Å². The number of nitrogens with zero attached hydrogens (tertiary/aromatic N) is 1. The quantitative estimate of drug-likeness (QED) is 0.513. The summed E-state index contributed by atoms with van der Waals surface area (Å²) in [6.07, 6.45) is 2.57. The Balaban J connectivity index is 2.15. The minimum absolute atomic E-state index is 1.18. The predicted molar refractivity (Wildman–Crippen MR) is 47.7 cm³/mol. The SMILES string of the molecule is CCCCSc1ccsn1.